The van der Waals surface area contributed by atoms with Crippen molar-refractivity contribution in [1.29, 1.82) is 0 Å². The van der Waals surface area contributed by atoms with E-state index in [4.69, 9.17) is 0 Å². The number of thiophene rings is 1. The molecule has 0 atom stereocenters. The molecule has 1 aliphatic rings. The van der Waals surface area contributed by atoms with E-state index in [1.165, 1.54) is 0 Å². The van der Waals surface area contributed by atoms with Crippen LogP contribution < -0.4 is 5.32 Å². The van der Waals surface area contributed by atoms with Crippen molar-refractivity contribution in [1.82, 2.24) is 5.32 Å². The van der Waals surface area contributed by atoms with E-state index in [1.54, 1.807) is 11.3 Å². The van der Waals surface area contributed by atoms with Gasteiger partial charge in [-0.1, -0.05) is 12.8 Å². The van der Waals surface area contributed by atoms with Gasteiger partial charge in [-0.2, -0.15) is 11.3 Å². The Labute approximate surface area is 99.5 Å². The number of nitrogens with one attached hydrogen (secondary N) is 1. The summed E-state index contributed by atoms with van der Waals surface area (Å²) in [6.07, 6.45) is 4.42. The maximum atomic E-state index is 11.8. The third-order valence-electron chi connectivity index (χ3n) is 3.21. The molecule has 1 fully saturated rings. The van der Waals surface area contributed by atoms with Gasteiger partial charge in [-0.15, -0.1) is 0 Å². The number of hydrogen-bond acceptors (Lipinski definition) is 3. The summed E-state index contributed by atoms with van der Waals surface area (Å²) in [6.45, 7) is 0.0579. The molecule has 0 aromatic carbocycles. The first-order chi connectivity index (χ1) is 7.74. The fraction of sp³-hybridized carbons (Fsp3) is 0.583. The van der Waals surface area contributed by atoms with Crippen LogP contribution in [-0.2, 0) is 11.2 Å². The average Bonchev–Trinajstić information content (AvgIpc) is 2.90. The topological polar surface area (TPSA) is 49.3 Å². The summed E-state index contributed by atoms with van der Waals surface area (Å²) in [5.41, 5.74) is 0.709. The lowest BCUT2D eigenvalue weighted by atomic mass is 9.98. The fourth-order valence-corrected chi connectivity index (χ4v) is 2.96. The van der Waals surface area contributed by atoms with E-state index >= 15 is 0 Å². The second-order valence-electron chi connectivity index (χ2n) is 4.50. The molecule has 3 nitrogen and oxygen atoms in total. The van der Waals surface area contributed by atoms with Gasteiger partial charge in [0, 0.05) is 0 Å². The number of carbonyl (C=O) groups excluding carboxylic acids is 1. The van der Waals surface area contributed by atoms with Crippen LogP contribution in [0.1, 0.15) is 31.2 Å². The van der Waals surface area contributed by atoms with E-state index in [2.05, 4.69) is 5.32 Å². The first-order valence-electron chi connectivity index (χ1n) is 5.67. The second kappa shape index (κ2) is 4.97. The number of amides is 1. The van der Waals surface area contributed by atoms with Crippen molar-refractivity contribution < 1.29 is 9.90 Å². The Morgan fingerprint density at radius 2 is 2.25 bits per heavy atom. The van der Waals surface area contributed by atoms with Gasteiger partial charge in [0.15, 0.2) is 0 Å². The summed E-state index contributed by atoms with van der Waals surface area (Å²) in [7, 11) is 0. The molecule has 0 unspecified atom stereocenters. The van der Waals surface area contributed by atoms with Crippen molar-refractivity contribution in [3.05, 3.63) is 22.4 Å². The first kappa shape index (κ1) is 11.6. The van der Waals surface area contributed by atoms with Gasteiger partial charge >= 0.3 is 0 Å². The number of aliphatic hydroxyl groups is 1. The van der Waals surface area contributed by atoms with Crippen molar-refractivity contribution in [2.75, 3.05) is 6.61 Å². The molecule has 0 saturated heterocycles. The van der Waals surface area contributed by atoms with Gasteiger partial charge in [0.05, 0.1) is 18.6 Å². The molecule has 2 N–H and O–H groups in total. The third kappa shape index (κ3) is 2.62. The van der Waals surface area contributed by atoms with Crippen molar-refractivity contribution in [3.8, 4) is 0 Å². The van der Waals surface area contributed by atoms with E-state index in [9.17, 15) is 9.90 Å². The highest BCUT2D eigenvalue weighted by atomic mass is 32.1. The number of aliphatic hydroxyl groups excluding tert-OH is 1. The van der Waals surface area contributed by atoms with Gasteiger partial charge in [-0.05, 0) is 35.2 Å². The lowest BCUT2D eigenvalue weighted by Crippen LogP contribution is -2.49. The molecule has 0 spiro atoms. The molecule has 1 heterocycles. The van der Waals surface area contributed by atoms with Crippen molar-refractivity contribution in [3.63, 3.8) is 0 Å². The number of rotatable bonds is 4. The molecule has 1 saturated carbocycles. The van der Waals surface area contributed by atoms with E-state index in [0.29, 0.717) is 6.42 Å². The van der Waals surface area contributed by atoms with Crippen LogP contribution in [0.2, 0.25) is 0 Å². The second-order valence-corrected chi connectivity index (χ2v) is 5.28. The van der Waals surface area contributed by atoms with Gasteiger partial charge in [0.2, 0.25) is 5.91 Å². The van der Waals surface area contributed by atoms with Gasteiger partial charge < -0.3 is 10.4 Å². The van der Waals surface area contributed by atoms with E-state index < -0.39 is 0 Å². The molecule has 0 bridgehead atoms. The minimum Gasteiger partial charge on any atom is -0.394 e. The van der Waals surface area contributed by atoms with Gasteiger partial charge in [-0.25, -0.2) is 0 Å². The fourth-order valence-electron chi connectivity index (χ4n) is 2.29. The summed E-state index contributed by atoms with van der Waals surface area (Å²) < 4.78 is 0. The molecule has 1 aromatic rings. The lowest BCUT2D eigenvalue weighted by Gasteiger charge is -2.27. The maximum absolute atomic E-state index is 11.8. The van der Waals surface area contributed by atoms with Crippen LogP contribution in [-0.4, -0.2) is 23.2 Å². The molecule has 1 aromatic heterocycles. The smallest absolute Gasteiger partial charge is 0.224 e. The maximum Gasteiger partial charge on any atom is 0.224 e. The molecule has 16 heavy (non-hydrogen) atoms. The SMILES string of the molecule is O=C(Cc1ccsc1)NC1(CO)CCCC1. The van der Waals surface area contributed by atoms with Crippen LogP contribution in [0.25, 0.3) is 0 Å². The van der Waals surface area contributed by atoms with Gasteiger partial charge in [0.25, 0.3) is 0 Å². The summed E-state index contributed by atoms with van der Waals surface area (Å²) in [5.74, 6) is 0.0225. The normalized spacial score (nSPS) is 18.6. The van der Waals surface area contributed by atoms with Crippen molar-refractivity contribution in [2.45, 2.75) is 37.6 Å². The van der Waals surface area contributed by atoms with Crippen LogP contribution in [0.5, 0.6) is 0 Å². The third-order valence-corrected chi connectivity index (χ3v) is 3.94. The predicted octanol–water partition coefficient (Wildman–Crippen LogP) is 1.71. The minimum absolute atomic E-state index is 0.0225. The van der Waals surface area contributed by atoms with E-state index in [1.807, 2.05) is 16.8 Å². The number of carbonyl (C=O) groups is 1. The zero-order valence-corrected chi connectivity index (χ0v) is 10.1. The molecule has 88 valence electrons. The van der Waals surface area contributed by atoms with Gasteiger partial charge in [0.1, 0.15) is 0 Å². The minimum atomic E-state index is -0.340. The molecule has 1 aliphatic carbocycles. The van der Waals surface area contributed by atoms with Crippen LogP contribution in [0.3, 0.4) is 0 Å². The Hall–Kier alpha value is -0.870. The van der Waals surface area contributed by atoms with Crippen molar-refractivity contribution in [2.24, 2.45) is 0 Å². The van der Waals surface area contributed by atoms with E-state index in [0.717, 1.165) is 31.2 Å². The monoisotopic (exact) mass is 239 g/mol. The molecule has 1 amide bonds. The molecule has 0 aliphatic heterocycles. The van der Waals surface area contributed by atoms with E-state index in [-0.39, 0.29) is 18.1 Å². The zero-order chi connectivity index (χ0) is 11.4. The van der Waals surface area contributed by atoms with Crippen molar-refractivity contribution >= 4 is 17.2 Å². The molecule has 4 heteroatoms. The molecular weight excluding hydrogens is 222 g/mol. The Morgan fingerprint density at radius 3 is 2.81 bits per heavy atom. The average molecular weight is 239 g/mol. The first-order valence-corrected chi connectivity index (χ1v) is 6.61. The summed E-state index contributed by atoms with van der Waals surface area (Å²) >= 11 is 1.60. The highest BCUT2D eigenvalue weighted by Gasteiger charge is 2.34. The zero-order valence-electron chi connectivity index (χ0n) is 9.24. The van der Waals surface area contributed by atoms with Crippen LogP contribution in [0, 0.1) is 0 Å². The Balaban J connectivity index is 1.91. The molecule has 2 rings (SSSR count). The summed E-state index contributed by atoms with van der Waals surface area (Å²) in [5, 5.41) is 16.3. The summed E-state index contributed by atoms with van der Waals surface area (Å²) in [4.78, 5) is 11.8. The highest BCUT2D eigenvalue weighted by molar-refractivity contribution is 7.07. The summed E-state index contributed by atoms with van der Waals surface area (Å²) in [6, 6.07) is 1.96. The van der Waals surface area contributed by atoms with Crippen LogP contribution in [0.4, 0.5) is 0 Å². The predicted molar refractivity (Wildman–Crippen MR) is 64.5 cm³/mol. The Kier molecular flexibility index (Phi) is 3.61. The number of hydrogen-bond donors (Lipinski definition) is 2. The largest absolute Gasteiger partial charge is 0.394 e. The lowest BCUT2D eigenvalue weighted by molar-refractivity contribution is -0.122. The molecular formula is C12H17NO2S. The standard InChI is InChI=1S/C12H17NO2S/c14-9-12(4-1-2-5-12)13-11(15)7-10-3-6-16-8-10/h3,6,8,14H,1-2,4-5,7,9H2,(H,13,15). The Bertz CT molecular complexity index is 342. The molecule has 0 radical (unpaired) electrons. The van der Waals surface area contributed by atoms with Crippen LogP contribution in [0.15, 0.2) is 16.8 Å². The van der Waals surface area contributed by atoms with Crippen LogP contribution >= 0.6 is 11.3 Å². The highest BCUT2D eigenvalue weighted by Crippen LogP contribution is 2.29. The Morgan fingerprint density at radius 1 is 1.50 bits per heavy atom. The van der Waals surface area contributed by atoms with Gasteiger partial charge in [-0.3, -0.25) is 4.79 Å². The quantitative estimate of drug-likeness (QED) is 0.840.